The Morgan fingerprint density at radius 1 is 1.00 bits per heavy atom. The molecular formula is C10H24N2O3. The molecule has 5 nitrogen and oxygen atoms in total. The van der Waals surface area contributed by atoms with Crippen molar-refractivity contribution in [2.45, 2.75) is 12.5 Å². The second kappa shape index (κ2) is 9.06. The van der Waals surface area contributed by atoms with Gasteiger partial charge in [0.15, 0.2) is 0 Å². The van der Waals surface area contributed by atoms with Gasteiger partial charge in [-0.15, -0.1) is 0 Å². The lowest BCUT2D eigenvalue weighted by molar-refractivity contribution is 0.0780. The Hall–Kier alpha value is -0.200. The summed E-state index contributed by atoms with van der Waals surface area (Å²) in [7, 11) is 3.93. The molecule has 0 aliphatic rings. The second-order valence-corrected chi connectivity index (χ2v) is 3.99. The van der Waals surface area contributed by atoms with Crippen LogP contribution >= 0.6 is 0 Å². The summed E-state index contributed by atoms with van der Waals surface area (Å²) in [6, 6.07) is 0. The maximum Gasteiger partial charge on any atom is 0.0679 e. The van der Waals surface area contributed by atoms with Crippen molar-refractivity contribution in [2.75, 3.05) is 53.5 Å². The Labute approximate surface area is 91.9 Å². The molecule has 15 heavy (non-hydrogen) atoms. The van der Waals surface area contributed by atoms with Crippen LogP contribution in [-0.2, 0) is 0 Å². The van der Waals surface area contributed by atoms with Gasteiger partial charge >= 0.3 is 0 Å². The van der Waals surface area contributed by atoms with E-state index >= 15 is 0 Å². The van der Waals surface area contributed by atoms with Gasteiger partial charge in [-0.2, -0.15) is 0 Å². The third-order valence-corrected chi connectivity index (χ3v) is 2.21. The summed E-state index contributed by atoms with van der Waals surface area (Å²) in [5.41, 5.74) is 0. The van der Waals surface area contributed by atoms with Crippen molar-refractivity contribution in [3.8, 4) is 0 Å². The van der Waals surface area contributed by atoms with Crippen LogP contribution in [0.5, 0.6) is 0 Å². The SMILES string of the molecule is CN(C)CCC(O)CN(CCO)CCO. The first-order chi connectivity index (χ1) is 7.10. The summed E-state index contributed by atoms with van der Waals surface area (Å²) in [5.74, 6) is 0. The number of hydrogen-bond acceptors (Lipinski definition) is 5. The van der Waals surface area contributed by atoms with E-state index < -0.39 is 6.10 Å². The molecule has 0 amide bonds. The molecule has 0 aromatic carbocycles. The third kappa shape index (κ3) is 8.77. The van der Waals surface area contributed by atoms with Gasteiger partial charge in [0.1, 0.15) is 0 Å². The molecule has 3 N–H and O–H groups in total. The molecular weight excluding hydrogens is 196 g/mol. The molecule has 0 heterocycles. The van der Waals surface area contributed by atoms with Crippen molar-refractivity contribution in [2.24, 2.45) is 0 Å². The molecule has 5 heteroatoms. The lowest BCUT2D eigenvalue weighted by Gasteiger charge is -2.24. The zero-order chi connectivity index (χ0) is 11.7. The van der Waals surface area contributed by atoms with Gasteiger partial charge < -0.3 is 20.2 Å². The topological polar surface area (TPSA) is 67.2 Å². The fourth-order valence-electron chi connectivity index (χ4n) is 1.37. The Bertz CT molecular complexity index is 139. The molecule has 0 radical (unpaired) electrons. The quantitative estimate of drug-likeness (QED) is 0.445. The van der Waals surface area contributed by atoms with Gasteiger partial charge in [0.25, 0.3) is 0 Å². The highest BCUT2D eigenvalue weighted by atomic mass is 16.3. The van der Waals surface area contributed by atoms with Crippen LogP contribution in [0.2, 0.25) is 0 Å². The average Bonchev–Trinajstić information content (AvgIpc) is 2.15. The van der Waals surface area contributed by atoms with E-state index in [0.29, 0.717) is 26.1 Å². The molecule has 0 aliphatic carbocycles. The molecule has 0 bridgehead atoms. The number of aliphatic hydroxyl groups excluding tert-OH is 3. The van der Waals surface area contributed by atoms with E-state index in [-0.39, 0.29) is 13.2 Å². The molecule has 0 aromatic heterocycles. The van der Waals surface area contributed by atoms with Crippen molar-refractivity contribution < 1.29 is 15.3 Å². The molecule has 0 fully saturated rings. The first kappa shape index (κ1) is 14.8. The van der Waals surface area contributed by atoms with Crippen LogP contribution in [0.15, 0.2) is 0 Å². The van der Waals surface area contributed by atoms with Gasteiger partial charge in [-0.25, -0.2) is 0 Å². The molecule has 0 aromatic rings. The van der Waals surface area contributed by atoms with E-state index in [9.17, 15) is 5.11 Å². The fourth-order valence-corrected chi connectivity index (χ4v) is 1.37. The molecule has 92 valence electrons. The third-order valence-electron chi connectivity index (χ3n) is 2.21. The largest absolute Gasteiger partial charge is 0.395 e. The van der Waals surface area contributed by atoms with Crippen LogP contribution in [0, 0.1) is 0 Å². The predicted molar refractivity (Wildman–Crippen MR) is 59.8 cm³/mol. The summed E-state index contributed by atoms with van der Waals surface area (Å²) in [6.45, 7) is 2.46. The zero-order valence-electron chi connectivity index (χ0n) is 9.76. The normalized spacial score (nSPS) is 13.8. The van der Waals surface area contributed by atoms with Gasteiger partial charge in [0, 0.05) is 26.2 Å². The van der Waals surface area contributed by atoms with E-state index in [1.165, 1.54) is 0 Å². The summed E-state index contributed by atoms with van der Waals surface area (Å²) in [4.78, 5) is 3.88. The van der Waals surface area contributed by atoms with Crippen LogP contribution in [-0.4, -0.2) is 84.7 Å². The van der Waals surface area contributed by atoms with Gasteiger partial charge in [-0.05, 0) is 20.5 Å². The first-order valence-corrected chi connectivity index (χ1v) is 5.37. The molecule has 0 saturated heterocycles. The van der Waals surface area contributed by atoms with Crippen LogP contribution in [0.1, 0.15) is 6.42 Å². The second-order valence-electron chi connectivity index (χ2n) is 3.99. The Morgan fingerprint density at radius 2 is 1.53 bits per heavy atom. The van der Waals surface area contributed by atoms with Crippen molar-refractivity contribution in [1.82, 2.24) is 9.80 Å². The lowest BCUT2D eigenvalue weighted by Crippen LogP contribution is -2.37. The van der Waals surface area contributed by atoms with E-state index in [4.69, 9.17) is 10.2 Å². The Morgan fingerprint density at radius 3 is 1.93 bits per heavy atom. The van der Waals surface area contributed by atoms with Crippen molar-refractivity contribution >= 4 is 0 Å². The molecule has 1 unspecified atom stereocenters. The summed E-state index contributed by atoms with van der Waals surface area (Å²) in [5, 5.41) is 27.3. The van der Waals surface area contributed by atoms with Crippen molar-refractivity contribution in [3.63, 3.8) is 0 Å². The smallest absolute Gasteiger partial charge is 0.0679 e. The highest BCUT2D eigenvalue weighted by Gasteiger charge is 2.10. The van der Waals surface area contributed by atoms with E-state index in [2.05, 4.69) is 0 Å². The van der Waals surface area contributed by atoms with Gasteiger partial charge in [0.05, 0.1) is 19.3 Å². The highest BCUT2D eigenvalue weighted by molar-refractivity contribution is 4.65. The van der Waals surface area contributed by atoms with Gasteiger partial charge in [-0.1, -0.05) is 0 Å². The van der Waals surface area contributed by atoms with Gasteiger partial charge in [-0.3, -0.25) is 4.90 Å². The van der Waals surface area contributed by atoms with Crippen molar-refractivity contribution in [1.29, 1.82) is 0 Å². The van der Waals surface area contributed by atoms with E-state index in [1.807, 2.05) is 23.9 Å². The molecule has 0 aliphatic heterocycles. The van der Waals surface area contributed by atoms with Gasteiger partial charge in [0.2, 0.25) is 0 Å². The average molecular weight is 220 g/mol. The van der Waals surface area contributed by atoms with Crippen LogP contribution < -0.4 is 0 Å². The summed E-state index contributed by atoms with van der Waals surface area (Å²) >= 11 is 0. The minimum Gasteiger partial charge on any atom is -0.395 e. The number of aliphatic hydroxyl groups is 3. The molecule has 1 atom stereocenters. The minimum absolute atomic E-state index is 0.0560. The number of hydrogen-bond donors (Lipinski definition) is 3. The monoisotopic (exact) mass is 220 g/mol. The summed E-state index contributed by atoms with van der Waals surface area (Å²) in [6.07, 6.45) is 0.311. The number of nitrogens with zero attached hydrogens (tertiary/aromatic N) is 2. The van der Waals surface area contributed by atoms with Crippen molar-refractivity contribution in [3.05, 3.63) is 0 Å². The number of rotatable bonds is 9. The molecule has 0 saturated carbocycles. The fraction of sp³-hybridized carbons (Fsp3) is 1.00. The first-order valence-electron chi connectivity index (χ1n) is 5.37. The van der Waals surface area contributed by atoms with E-state index in [1.54, 1.807) is 0 Å². The maximum absolute atomic E-state index is 9.69. The minimum atomic E-state index is -0.398. The van der Waals surface area contributed by atoms with Crippen LogP contribution in [0.4, 0.5) is 0 Å². The lowest BCUT2D eigenvalue weighted by atomic mass is 10.2. The molecule has 0 rings (SSSR count). The Balaban J connectivity index is 3.72. The van der Waals surface area contributed by atoms with Crippen LogP contribution in [0.25, 0.3) is 0 Å². The van der Waals surface area contributed by atoms with E-state index in [0.717, 1.165) is 6.54 Å². The standard InChI is InChI=1S/C10H24N2O3/c1-11(2)4-3-10(15)9-12(5-7-13)6-8-14/h10,13-15H,3-9H2,1-2H3. The molecule has 0 spiro atoms. The Kier molecular flexibility index (Phi) is 8.94. The summed E-state index contributed by atoms with van der Waals surface area (Å²) < 4.78 is 0. The zero-order valence-corrected chi connectivity index (χ0v) is 9.76. The maximum atomic E-state index is 9.69. The predicted octanol–water partition coefficient (Wildman–Crippen LogP) is -1.41. The highest BCUT2D eigenvalue weighted by Crippen LogP contribution is 1.97. The van der Waals surface area contributed by atoms with Crippen LogP contribution in [0.3, 0.4) is 0 Å².